The second-order valence-electron chi connectivity index (χ2n) is 4.60. The average Bonchev–Trinajstić information content (AvgIpc) is 2.95. The molecule has 0 radical (unpaired) electrons. The number of thiophene rings is 1. The molecule has 1 N–H and O–H groups in total. The Morgan fingerprint density at radius 1 is 1.20 bits per heavy atom. The fourth-order valence-electron chi connectivity index (χ4n) is 2.22. The van der Waals surface area contributed by atoms with Gasteiger partial charge in [0.05, 0.1) is 6.61 Å². The number of ether oxygens (including phenoxy) is 1. The minimum Gasteiger partial charge on any atom is -0.380 e. The van der Waals surface area contributed by atoms with E-state index in [1.54, 1.807) is 18.4 Å². The van der Waals surface area contributed by atoms with Gasteiger partial charge in [-0.1, -0.05) is 24.3 Å². The highest BCUT2D eigenvalue weighted by Gasteiger charge is 2.03. The maximum atomic E-state index is 5.16. The van der Waals surface area contributed by atoms with Crippen LogP contribution >= 0.6 is 11.3 Å². The molecule has 0 aliphatic carbocycles. The van der Waals surface area contributed by atoms with Gasteiger partial charge in [-0.3, -0.25) is 0 Å². The zero-order chi connectivity index (χ0) is 13.8. The molecule has 3 rings (SSSR count). The number of rotatable bonds is 5. The molecule has 1 aromatic carbocycles. The van der Waals surface area contributed by atoms with Crippen molar-refractivity contribution in [3.8, 4) is 0 Å². The number of anilines is 1. The van der Waals surface area contributed by atoms with Crippen molar-refractivity contribution in [2.75, 3.05) is 12.4 Å². The van der Waals surface area contributed by atoms with E-state index < -0.39 is 0 Å². The van der Waals surface area contributed by atoms with Crippen LogP contribution in [-0.4, -0.2) is 12.1 Å². The van der Waals surface area contributed by atoms with Crippen LogP contribution in [0.2, 0.25) is 0 Å². The molecule has 0 aliphatic rings. The highest BCUT2D eigenvalue weighted by Crippen LogP contribution is 2.26. The largest absolute Gasteiger partial charge is 0.380 e. The third-order valence-corrected chi connectivity index (χ3v) is 4.02. The van der Waals surface area contributed by atoms with Crippen molar-refractivity contribution in [3.05, 3.63) is 59.1 Å². The highest BCUT2D eigenvalue weighted by molar-refractivity contribution is 7.17. The number of nitrogens with one attached hydrogen (secondary N) is 1. The quantitative estimate of drug-likeness (QED) is 0.767. The van der Waals surface area contributed by atoms with E-state index in [-0.39, 0.29) is 0 Å². The van der Waals surface area contributed by atoms with Gasteiger partial charge in [0.15, 0.2) is 0 Å². The maximum Gasteiger partial charge on any atom is 0.134 e. The molecule has 3 aromatic rings. The Kier molecular flexibility index (Phi) is 3.95. The predicted molar refractivity (Wildman–Crippen MR) is 84.1 cm³/mol. The first kappa shape index (κ1) is 13.1. The number of benzene rings is 1. The Bertz CT molecular complexity index is 708. The lowest BCUT2D eigenvalue weighted by atomic mass is 10.1. The third kappa shape index (κ3) is 2.81. The van der Waals surface area contributed by atoms with Crippen LogP contribution in [0, 0.1) is 0 Å². The summed E-state index contributed by atoms with van der Waals surface area (Å²) in [6.07, 6.45) is 1.85. The Labute approximate surface area is 122 Å². The summed E-state index contributed by atoms with van der Waals surface area (Å²) in [6.45, 7) is 1.41. The average molecular weight is 284 g/mol. The van der Waals surface area contributed by atoms with E-state index in [0.29, 0.717) is 6.61 Å². The van der Waals surface area contributed by atoms with Crippen LogP contribution in [0.4, 0.5) is 5.82 Å². The van der Waals surface area contributed by atoms with E-state index >= 15 is 0 Å². The van der Waals surface area contributed by atoms with Gasteiger partial charge in [0.25, 0.3) is 0 Å². The van der Waals surface area contributed by atoms with Crippen molar-refractivity contribution in [1.82, 2.24) is 4.98 Å². The van der Waals surface area contributed by atoms with Gasteiger partial charge in [-0.15, -0.1) is 11.3 Å². The van der Waals surface area contributed by atoms with E-state index in [1.807, 2.05) is 12.3 Å². The fraction of sp³-hybridized carbons (Fsp3) is 0.188. The maximum absolute atomic E-state index is 5.16. The second-order valence-corrected chi connectivity index (χ2v) is 5.55. The van der Waals surface area contributed by atoms with Crippen LogP contribution < -0.4 is 5.32 Å². The summed E-state index contributed by atoms with van der Waals surface area (Å²) in [5, 5.41) is 6.69. The summed E-state index contributed by atoms with van der Waals surface area (Å²) in [6, 6.07) is 12.6. The molecule has 0 atom stereocenters. The van der Waals surface area contributed by atoms with Crippen molar-refractivity contribution in [2.45, 2.75) is 13.2 Å². The lowest BCUT2D eigenvalue weighted by Crippen LogP contribution is -2.02. The summed E-state index contributed by atoms with van der Waals surface area (Å²) < 4.78 is 6.42. The molecule has 0 amide bonds. The zero-order valence-corrected chi connectivity index (χ0v) is 12.1. The lowest BCUT2D eigenvalue weighted by molar-refractivity contribution is 0.185. The number of hydrogen-bond acceptors (Lipinski definition) is 4. The number of hydrogen-bond donors (Lipinski definition) is 1. The summed E-state index contributed by atoms with van der Waals surface area (Å²) in [7, 11) is 1.71. The van der Waals surface area contributed by atoms with Gasteiger partial charge in [-0.2, -0.15) is 0 Å². The monoisotopic (exact) mass is 284 g/mol. The molecule has 2 aromatic heterocycles. The van der Waals surface area contributed by atoms with E-state index in [9.17, 15) is 0 Å². The van der Waals surface area contributed by atoms with Gasteiger partial charge in [0, 0.05) is 29.9 Å². The van der Waals surface area contributed by atoms with Crippen LogP contribution in [0.15, 0.2) is 48.0 Å². The van der Waals surface area contributed by atoms with Crippen molar-refractivity contribution in [2.24, 2.45) is 0 Å². The minimum atomic E-state index is 0.645. The number of methoxy groups -OCH3 is 1. The van der Waals surface area contributed by atoms with Gasteiger partial charge in [0.2, 0.25) is 0 Å². The molecule has 0 bridgehead atoms. The lowest BCUT2D eigenvalue weighted by Gasteiger charge is -2.08. The molecule has 0 unspecified atom stereocenters. The molecule has 3 nitrogen and oxygen atoms in total. The molecule has 102 valence electrons. The first-order chi connectivity index (χ1) is 9.86. The van der Waals surface area contributed by atoms with Crippen LogP contribution in [0.25, 0.3) is 10.1 Å². The van der Waals surface area contributed by atoms with E-state index in [0.717, 1.165) is 12.4 Å². The number of fused-ring (bicyclic) bond motifs is 1. The third-order valence-electron chi connectivity index (χ3n) is 3.14. The zero-order valence-electron chi connectivity index (χ0n) is 11.3. The van der Waals surface area contributed by atoms with Crippen LogP contribution in [0.5, 0.6) is 0 Å². The minimum absolute atomic E-state index is 0.645. The first-order valence-electron chi connectivity index (χ1n) is 6.49. The Morgan fingerprint density at radius 3 is 3.00 bits per heavy atom. The van der Waals surface area contributed by atoms with E-state index in [4.69, 9.17) is 4.74 Å². The van der Waals surface area contributed by atoms with Crippen LogP contribution in [0.3, 0.4) is 0 Å². The van der Waals surface area contributed by atoms with E-state index in [2.05, 4.69) is 46.0 Å². The number of pyridine rings is 1. The molecule has 0 aliphatic heterocycles. The Morgan fingerprint density at radius 2 is 2.10 bits per heavy atom. The highest BCUT2D eigenvalue weighted by atomic mass is 32.1. The normalized spacial score (nSPS) is 10.8. The Hall–Kier alpha value is -1.91. The standard InChI is InChI=1S/C16H16N2OS/c1-19-11-13-4-2-3-12(9-13)10-18-16-14-6-8-20-15(14)5-7-17-16/h2-9H,10-11H2,1H3,(H,17,18). The summed E-state index contributed by atoms with van der Waals surface area (Å²) >= 11 is 1.74. The molecule has 0 saturated heterocycles. The molecular weight excluding hydrogens is 268 g/mol. The number of aromatic nitrogens is 1. The van der Waals surface area contributed by atoms with Gasteiger partial charge in [0.1, 0.15) is 5.82 Å². The summed E-state index contributed by atoms with van der Waals surface area (Å²) in [5.74, 6) is 0.945. The second kappa shape index (κ2) is 6.03. The summed E-state index contributed by atoms with van der Waals surface area (Å²) in [4.78, 5) is 4.42. The molecule has 0 fully saturated rings. The molecular formula is C16H16N2OS. The van der Waals surface area contributed by atoms with Gasteiger partial charge in [-0.05, 0) is 28.6 Å². The van der Waals surface area contributed by atoms with Crippen molar-refractivity contribution >= 4 is 27.2 Å². The fourth-order valence-corrected chi connectivity index (χ4v) is 3.00. The van der Waals surface area contributed by atoms with Gasteiger partial charge < -0.3 is 10.1 Å². The van der Waals surface area contributed by atoms with Crippen LogP contribution in [-0.2, 0) is 17.9 Å². The van der Waals surface area contributed by atoms with Crippen LogP contribution in [0.1, 0.15) is 11.1 Å². The van der Waals surface area contributed by atoms with Crippen molar-refractivity contribution in [3.63, 3.8) is 0 Å². The van der Waals surface area contributed by atoms with E-state index in [1.165, 1.54) is 21.2 Å². The number of nitrogens with zero attached hydrogens (tertiary/aromatic N) is 1. The topological polar surface area (TPSA) is 34.1 Å². The molecule has 20 heavy (non-hydrogen) atoms. The van der Waals surface area contributed by atoms with Gasteiger partial charge >= 0.3 is 0 Å². The summed E-state index contributed by atoms with van der Waals surface area (Å²) in [5.41, 5.74) is 2.42. The Balaban J connectivity index is 1.76. The predicted octanol–water partition coefficient (Wildman–Crippen LogP) is 4.05. The SMILES string of the molecule is COCc1cccc(CNc2nccc3sccc23)c1. The first-order valence-corrected chi connectivity index (χ1v) is 7.37. The molecule has 0 spiro atoms. The molecule has 2 heterocycles. The smallest absolute Gasteiger partial charge is 0.134 e. The van der Waals surface area contributed by atoms with Gasteiger partial charge in [-0.25, -0.2) is 4.98 Å². The molecule has 4 heteroatoms. The van der Waals surface area contributed by atoms with Crippen molar-refractivity contribution in [1.29, 1.82) is 0 Å². The molecule has 0 saturated carbocycles. The van der Waals surface area contributed by atoms with Crippen molar-refractivity contribution < 1.29 is 4.74 Å².